The van der Waals surface area contributed by atoms with Gasteiger partial charge in [-0.15, -0.1) is 6.58 Å². The van der Waals surface area contributed by atoms with E-state index in [9.17, 15) is 9.59 Å². The minimum atomic E-state index is -2.07. The molecule has 0 saturated carbocycles. The highest BCUT2D eigenvalue weighted by molar-refractivity contribution is 6.74. The first-order valence-electron chi connectivity index (χ1n) is 7.62. The summed E-state index contributed by atoms with van der Waals surface area (Å²) in [6.45, 7) is 14.2. The number of ether oxygens (including phenoxy) is 1. The summed E-state index contributed by atoms with van der Waals surface area (Å²) in [6, 6.07) is 0. The van der Waals surface area contributed by atoms with E-state index in [1.54, 1.807) is 6.08 Å². The SMILES string of the molecule is C=CCC[C@H](CC(=O)C(=[N+]=[N-])C(=O)OC)O[Si](C)(C)C(C)(C)C. The molecule has 0 bridgehead atoms. The Morgan fingerprint density at radius 2 is 1.91 bits per heavy atom. The number of rotatable bonds is 9. The van der Waals surface area contributed by atoms with Crippen molar-refractivity contribution in [2.24, 2.45) is 0 Å². The van der Waals surface area contributed by atoms with Gasteiger partial charge in [-0.1, -0.05) is 26.8 Å². The molecular formula is C16H28N2O4Si. The molecule has 6 nitrogen and oxygen atoms in total. The maximum atomic E-state index is 12.2. The van der Waals surface area contributed by atoms with Crippen LogP contribution in [0.25, 0.3) is 5.53 Å². The van der Waals surface area contributed by atoms with E-state index < -0.39 is 25.8 Å². The first-order valence-corrected chi connectivity index (χ1v) is 10.5. The van der Waals surface area contributed by atoms with Crippen molar-refractivity contribution in [2.75, 3.05) is 7.11 Å². The molecular weight excluding hydrogens is 312 g/mol. The molecule has 0 rings (SSSR count). The molecule has 7 heteroatoms. The number of esters is 1. The van der Waals surface area contributed by atoms with Crippen molar-refractivity contribution in [2.45, 2.75) is 64.3 Å². The van der Waals surface area contributed by atoms with Gasteiger partial charge in [0.15, 0.2) is 8.32 Å². The largest absolute Gasteiger partial charge is 0.460 e. The van der Waals surface area contributed by atoms with Gasteiger partial charge in [0.1, 0.15) is 0 Å². The number of allylic oxidation sites excluding steroid dienone is 1. The minimum Gasteiger partial charge on any atom is -0.460 e. The molecule has 0 radical (unpaired) electrons. The Labute approximate surface area is 139 Å². The van der Waals surface area contributed by atoms with Crippen molar-refractivity contribution in [1.82, 2.24) is 0 Å². The quantitative estimate of drug-likeness (QED) is 0.123. The number of ketones is 1. The van der Waals surface area contributed by atoms with Crippen LogP contribution in [0.1, 0.15) is 40.0 Å². The first kappa shape index (κ1) is 21.4. The average Bonchev–Trinajstić information content (AvgIpc) is 2.43. The van der Waals surface area contributed by atoms with Gasteiger partial charge in [0.05, 0.1) is 13.2 Å². The van der Waals surface area contributed by atoms with Crippen LogP contribution in [0.15, 0.2) is 12.7 Å². The van der Waals surface area contributed by atoms with Crippen LogP contribution in [0.4, 0.5) is 0 Å². The molecule has 0 N–H and O–H groups in total. The topological polar surface area (TPSA) is 89.0 Å². The molecule has 130 valence electrons. The summed E-state index contributed by atoms with van der Waals surface area (Å²) < 4.78 is 10.7. The van der Waals surface area contributed by atoms with Crippen LogP contribution in [0.2, 0.25) is 18.1 Å². The minimum absolute atomic E-state index is 0.00127. The fraction of sp³-hybridized carbons (Fsp3) is 0.688. The van der Waals surface area contributed by atoms with Crippen molar-refractivity contribution in [3.63, 3.8) is 0 Å². The van der Waals surface area contributed by atoms with E-state index in [2.05, 4.69) is 50.0 Å². The summed E-state index contributed by atoms with van der Waals surface area (Å²) in [5.41, 5.74) is 8.26. The third-order valence-electron chi connectivity index (χ3n) is 4.12. The zero-order chi connectivity index (χ0) is 18.3. The van der Waals surface area contributed by atoms with Crippen molar-refractivity contribution in [1.29, 1.82) is 0 Å². The standard InChI is InChI=1S/C16H28N2O4Si/c1-8-9-10-12(22-23(6,7)16(2,3)4)11-13(19)14(18-17)15(20)21-5/h8,12H,1,9-11H2,2-7H3/t12-/m1/s1. The van der Waals surface area contributed by atoms with Crippen LogP contribution in [0.3, 0.4) is 0 Å². The van der Waals surface area contributed by atoms with E-state index >= 15 is 0 Å². The fourth-order valence-corrected chi connectivity index (χ4v) is 3.10. The van der Waals surface area contributed by atoms with Crippen LogP contribution in [-0.4, -0.2) is 43.8 Å². The molecule has 0 aliphatic heterocycles. The van der Waals surface area contributed by atoms with Gasteiger partial charge < -0.3 is 14.7 Å². The molecule has 0 aromatic carbocycles. The van der Waals surface area contributed by atoms with Gasteiger partial charge in [-0.3, -0.25) is 4.79 Å². The van der Waals surface area contributed by atoms with Gasteiger partial charge in [0.25, 0.3) is 5.78 Å². The van der Waals surface area contributed by atoms with Gasteiger partial charge in [0.2, 0.25) is 0 Å². The van der Waals surface area contributed by atoms with Crippen LogP contribution < -0.4 is 0 Å². The Hall–Kier alpha value is -1.56. The van der Waals surface area contributed by atoms with E-state index in [0.29, 0.717) is 12.8 Å². The maximum absolute atomic E-state index is 12.2. The smallest absolute Gasteiger partial charge is 0.441 e. The molecule has 0 unspecified atom stereocenters. The number of carbonyl (C=O) groups is 2. The second-order valence-electron chi connectivity index (χ2n) is 6.93. The van der Waals surface area contributed by atoms with Crippen molar-refractivity contribution >= 4 is 25.8 Å². The lowest BCUT2D eigenvalue weighted by atomic mass is 10.1. The fourth-order valence-electron chi connectivity index (χ4n) is 1.71. The molecule has 1 atom stereocenters. The molecule has 0 saturated heterocycles. The lowest BCUT2D eigenvalue weighted by Gasteiger charge is -2.39. The highest BCUT2D eigenvalue weighted by atomic mass is 28.4. The Morgan fingerprint density at radius 3 is 2.30 bits per heavy atom. The number of hydrogen-bond donors (Lipinski definition) is 0. The van der Waals surface area contributed by atoms with E-state index in [-0.39, 0.29) is 17.6 Å². The molecule has 0 amide bonds. The monoisotopic (exact) mass is 340 g/mol. The highest BCUT2D eigenvalue weighted by Gasteiger charge is 2.40. The number of nitrogens with zero attached hydrogens (tertiary/aromatic N) is 2. The lowest BCUT2D eigenvalue weighted by Crippen LogP contribution is -2.45. The third-order valence-corrected chi connectivity index (χ3v) is 8.65. The van der Waals surface area contributed by atoms with E-state index in [4.69, 9.17) is 9.96 Å². The summed E-state index contributed by atoms with van der Waals surface area (Å²) in [4.78, 5) is 26.4. The van der Waals surface area contributed by atoms with E-state index in [1.165, 1.54) is 0 Å². The average molecular weight is 340 g/mol. The summed E-state index contributed by atoms with van der Waals surface area (Å²) in [6.07, 6.45) is 2.67. The predicted molar refractivity (Wildman–Crippen MR) is 91.8 cm³/mol. The Kier molecular flexibility index (Phi) is 8.30. The van der Waals surface area contributed by atoms with Crippen LogP contribution in [0, 0.1) is 0 Å². The van der Waals surface area contributed by atoms with E-state index in [0.717, 1.165) is 7.11 Å². The van der Waals surface area contributed by atoms with Crippen LogP contribution >= 0.6 is 0 Å². The zero-order valence-corrected chi connectivity index (χ0v) is 16.0. The molecule has 0 aromatic rings. The van der Waals surface area contributed by atoms with Gasteiger partial charge in [-0.05, 0) is 31.0 Å². The van der Waals surface area contributed by atoms with Crippen molar-refractivity contribution < 1.29 is 23.5 Å². The maximum Gasteiger partial charge on any atom is 0.441 e. The molecule has 23 heavy (non-hydrogen) atoms. The summed E-state index contributed by atoms with van der Waals surface area (Å²) >= 11 is 0. The molecule has 0 aliphatic rings. The zero-order valence-electron chi connectivity index (χ0n) is 15.0. The Bertz CT molecular complexity index is 503. The van der Waals surface area contributed by atoms with Gasteiger partial charge in [0, 0.05) is 6.42 Å². The van der Waals surface area contributed by atoms with Gasteiger partial charge in [-0.2, -0.15) is 4.79 Å². The molecule has 0 fully saturated rings. The van der Waals surface area contributed by atoms with Crippen LogP contribution in [0.5, 0.6) is 0 Å². The van der Waals surface area contributed by atoms with Crippen LogP contribution in [-0.2, 0) is 18.8 Å². The number of methoxy groups -OCH3 is 1. The first-order chi connectivity index (χ1) is 10.5. The Balaban J connectivity index is 5.20. The normalized spacial score (nSPS) is 13.0. The number of carbonyl (C=O) groups excluding carboxylic acids is 2. The van der Waals surface area contributed by atoms with Crippen molar-refractivity contribution in [3.05, 3.63) is 18.2 Å². The Morgan fingerprint density at radius 1 is 1.35 bits per heavy atom. The molecule has 0 heterocycles. The number of hydrogen-bond acceptors (Lipinski definition) is 4. The van der Waals surface area contributed by atoms with Gasteiger partial charge >= 0.3 is 11.7 Å². The third kappa shape index (κ3) is 6.60. The summed E-state index contributed by atoms with van der Waals surface area (Å²) in [7, 11) is -0.943. The molecule has 0 aliphatic carbocycles. The summed E-state index contributed by atoms with van der Waals surface area (Å²) in [5.74, 6) is -1.54. The molecule has 0 spiro atoms. The second kappa shape index (κ2) is 8.91. The lowest BCUT2D eigenvalue weighted by molar-refractivity contribution is -0.139. The second-order valence-corrected chi connectivity index (χ2v) is 11.7. The number of Topliss-reactive ketones (excluding diaryl/α,β-unsaturated/α-hetero) is 1. The van der Waals surface area contributed by atoms with E-state index in [1.807, 2.05) is 0 Å². The summed E-state index contributed by atoms with van der Waals surface area (Å²) in [5, 5.41) is -0.00127. The highest BCUT2D eigenvalue weighted by Crippen LogP contribution is 2.38. The van der Waals surface area contributed by atoms with Gasteiger partial charge in [-0.25, -0.2) is 4.79 Å². The predicted octanol–water partition coefficient (Wildman–Crippen LogP) is 3.15. The molecule has 0 aromatic heterocycles. The van der Waals surface area contributed by atoms with Crippen molar-refractivity contribution in [3.8, 4) is 0 Å².